The van der Waals surface area contributed by atoms with Gasteiger partial charge in [-0.25, -0.2) is 8.42 Å². The summed E-state index contributed by atoms with van der Waals surface area (Å²) in [6.45, 7) is 1.86. The molecular weight excluding hydrogens is 280 g/mol. The number of hydrogen-bond acceptors (Lipinski definition) is 5. The summed E-state index contributed by atoms with van der Waals surface area (Å²) in [5.74, 6) is -0.760. The minimum Gasteiger partial charge on any atom is -0.468 e. The van der Waals surface area contributed by atoms with Gasteiger partial charge in [0.25, 0.3) is 0 Å². The van der Waals surface area contributed by atoms with Crippen LogP contribution in [-0.4, -0.2) is 38.9 Å². The van der Waals surface area contributed by atoms with Gasteiger partial charge in [-0.3, -0.25) is 4.79 Å². The molecule has 0 aliphatic rings. The van der Waals surface area contributed by atoms with E-state index in [0.29, 0.717) is 17.7 Å². The van der Waals surface area contributed by atoms with Gasteiger partial charge < -0.3 is 10.5 Å². The summed E-state index contributed by atoms with van der Waals surface area (Å²) in [5.41, 5.74) is 6.73. The summed E-state index contributed by atoms with van der Waals surface area (Å²) >= 11 is 0. The Morgan fingerprint density at radius 1 is 1.40 bits per heavy atom. The van der Waals surface area contributed by atoms with E-state index in [1.807, 2.05) is 6.92 Å². The Balaban J connectivity index is 2.90. The zero-order valence-electron chi connectivity index (χ0n) is 11.7. The zero-order chi connectivity index (χ0) is 15.2. The van der Waals surface area contributed by atoms with Gasteiger partial charge in [-0.05, 0) is 24.1 Å². The van der Waals surface area contributed by atoms with Gasteiger partial charge >= 0.3 is 5.97 Å². The van der Waals surface area contributed by atoms with Gasteiger partial charge in [0.2, 0.25) is 10.0 Å². The molecule has 1 aromatic carbocycles. The number of anilines is 1. The number of ether oxygens (including phenoxy) is 1. The Morgan fingerprint density at radius 3 is 2.65 bits per heavy atom. The van der Waals surface area contributed by atoms with Crippen LogP contribution in [0.4, 0.5) is 5.69 Å². The Morgan fingerprint density at radius 2 is 2.10 bits per heavy atom. The fourth-order valence-corrected chi connectivity index (χ4v) is 3.31. The summed E-state index contributed by atoms with van der Waals surface area (Å²) in [7, 11) is -2.35. The smallest absolute Gasteiger partial charge is 0.321 e. The van der Waals surface area contributed by atoms with E-state index >= 15 is 0 Å². The molecule has 0 radical (unpaired) electrons. The monoisotopic (exact) mass is 300 g/mol. The summed E-state index contributed by atoms with van der Waals surface area (Å²) in [4.78, 5) is 11.3. The summed E-state index contributed by atoms with van der Waals surface area (Å²) in [5, 5.41) is 0. The molecule has 20 heavy (non-hydrogen) atoms. The van der Waals surface area contributed by atoms with Crippen LogP contribution in [0.2, 0.25) is 0 Å². The average molecular weight is 300 g/mol. The molecule has 0 heterocycles. The van der Waals surface area contributed by atoms with Crippen LogP contribution in [0.3, 0.4) is 0 Å². The molecule has 112 valence electrons. The van der Waals surface area contributed by atoms with Crippen molar-refractivity contribution in [1.29, 1.82) is 0 Å². The molecule has 0 aliphatic carbocycles. The topological polar surface area (TPSA) is 89.7 Å². The quantitative estimate of drug-likeness (QED) is 0.599. The number of carbonyl (C=O) groups excluding carboxylic acids is 1. The molecule has 0 unspecified atom stereocenters. The highest BCUT2D eigenvalue weighted by molar-refractivity contribution is 7.88. The van der Waals surface area contributed by atoms with Crippen LogP contribution < -0.4 is 5.73 Å². The maximum atomic E-state index is 12.3. The standard InChI is InChI=1S/C13H20N2O4S/c1-3-7-15(9-13(16)19-2)20(17,18)10-11-5-4-6-12(14)8-11/h4-6,8H,3,7,9-10,14H2,1-2H3. The van der Waals surface area contributed by atoms with Crippen molar-refractivity contribution in [2.24, 2.45) is 0 Å². The molecule has 0 saturated heterocycles. The van der Waals surface area contributed by atoms with Crippen LogP contribution in [0, 0.1) is 0 Å². The molecule has 1 aromatic rings. The second-order valence-corrected chi connectivity index (χ2v) is 6.38. The van der Waals surface area contributed by atoms with E-state index in [9.17, 15) is 13.2 Å². The third-order valence-electron chi connectivity index (χ3n) is 2.70. The normalized spacial score (nSPS) is 11.6. The zero-order valence-corrected chi connectivity index (χ0v) is 12.5. The number of hydrogen-bond donors (Lipinski definition) is 1. The minimum atomic E-state index is -3.58. The van der Waals surface area contributed by atoms with E-state index in [1.54, 1.807) is 24.3 Å². The highest BCUT2D eigenvalue weighted by Gasteiger charge is 2.24. The SMILES string of the molecule is CCCN(CC(=O)OC)S(=O)(=O)Cc1cccc(N)c1. The number of nitrogens with two attached hydrogens (primary N) is 1. The molecule has 2 N–H and O–H groups in total. The first-order chi connectivity index (χ1) is 9.39. The number of carbonyl (C=O) groups is 1. The maximum absolute atomic E-state index is 12.3. The summed E-state index contributed by atoms with van der Waals surface area (Å²) < 4.78 is 30.3. The number of methoxy groups -OCH3 is 1. The van der Waals surface area contributed by atoms with Gasteiger partial charge in [-0.2, -0.15) is 4.31 Å². The van der Waals surface area contributed by atoms with E-state index in [1.165, 1.54) is 7.11 Å². The largest absolute Gasteiger partial charge is 0.468 e. The van der Waals surface area contributed by atoms with Crippen LogP contribution in [0.1, 0.15) is 18.9 Å². The van der Waals surface area contributed by atoms with Gasteiger partial charge in [-0.15, -0.1) is 0 Å². The molecule has 0 aromatic heterocycles. The van der Waals surface area contributed by atoms with Crippen molar-refractivity contribution < 1.29 is 17.9 Å². The van der Waals surface area contributed by atoms with Gasteiger partial charge in [0.15, 0.2) is 0 Å². The lowest BCUT2D eigenvalue weighted by Crippen LogP contribution is -2.37. The lowest BCUT2D eigenvalue weighted by molar-refractivity contribution is -0.140. The lowest BCUT2D eigenvalue weighted by Gasteiger charge is -2.20. The molecule has 6 nitrogen and oxygen atoms in total. The molecule has 0 fully saturated rings. The third kappa shape index (κ3) is 4.82. The number of sulfonamides is 1. The van der Waals surface area contributed by atoms with Crippen LogP contribution >= 0.6 is 0 Å². The number of benzene rings is 1. The van der Waals surface area contributed by atoms with E-state index < -0.39 is 16.0 Å². The molecule has 7 heteroatoms. The fraction of sp³-hybridized carbons (Fsp3) is 0.462. The Bertz CT molecular complexity index is 557. The van der Waals surface area contributed by atoms with Crippen molar-refractivity contribution in [3.63, 3.8) is 0 Å². The Hall–Kier alpha value is -1.60. The van der Waals surface area contributed by atoms with Gasteiger partial charge in [0.05, 0.1) is 12.9 Å². The van der Waals surface area contributed by atoms with Gasteiger partial charge in [0.1, 0.15) is 6.54 Å². The average Bonchev–Trinajstić information content (AvgIpc) is 2.37. The lowest BCUT2D eigenvalue weighted by atomic mass is 10.2. The molecule has 0 atom stereocenters. The fourth-order valence-electron chi connectivity index (χ4n) is 1.76. The molecular formula is C13H20N2O4S. The highest BCUT2D eigenvalue weighted by Crippen LogP contribution is 2.14. The van der Waals surface area contributed by atoms with Crippen LogP contribution in [0.25, 0.3) is 0 Å². The molecule has 0 bridgehead atoms. The minimum absolute atomic E-state index is 0.185. The van der Waals surface area contributed by atoms with E-state index in [-0.39, 0.29) is 18.8 Å². The van der Waals surface area contributed by atoms with E-state index in [4.69, 9.17) is 5.73 Å². The highest BCUT2D eigenvalue weighted by atomic mass is 32.2. The van der Waals surface area contributed by atoms with Crippen molar-refractivity contribution in [1.82, 2.24) is 4.31 Å². The predicted octanol–water partition coefficient (Wildman–Crippen LogP) is 0.984. The van der Waals surface area contributed by atoms with Crippen molar-refractivity contribution in [3.05, 3.63) is 29.8 Å². The van der Waals surface area contributed by atoms with Crippen molar-refractivity contribution >= 4 is 21.7 Å². The van der Waals surface area contributed by atoms with Crippen LogP contribution in [0.15, 0.2) is 24.3 Å². The third-order valence-corrected chi connectivity index (χ3v) is 4.50. The predicted molar refractivity (Wildman–Crippen MR) is 77.4 cm³/mol. The van der Waals surface area contributed by atoms with Crippen LogP contribution in [0.5, 0.6) is 0 Å². The summed E-state index contributed by atoms with van der Waals surface area (Å²) in [6, 6.07) is 6.69. The van der Waals surface area contributed by atoms with Crippen molar-refractivity contribution in [3.8, 4) is 0 Å². The number of nitrogen functional groups attached to an aromatic ring is 1. The molecule has 0 saturated carbocycles. The summed E-state index contributed by atoms with van der Waals surface area (Å²) in [6.07, 6.45) is 0.618. The van der Waals surface area contributed by atoms with Gasteiger partial charge in [-0.1, -0.05) is 19.1 Å². The van der Waals surface area contributed by atoms with E-state index in [2.05, 4.69) is 4.74 Å². The van der Waals surface area contributed by atoms with Gasteiger partial charge in [0, 0.05) is 12.2 Å². The first-order valence-electron chi connectivity index (χ1n) is 6.28. The maximum Gasteiger partial charge on any atom is 0.321 e. The first kappa shape index (κ1) is 16.5. The van der Waals surface area contributed by atoms with Crippen molar-refractivity contribution in [2.75, 3.05) is 25.9 Å². The molecule has 0 amide bonds. The molecule has 1 rings (SSSR count). The van der Waals surface area contributed by atoms with Crippen molar-refractivity contribution in [2.45, 2.75) is 19.1 Å². The number of nitrogens with zero attached hydrogens (tertiary/aromatic N) is 1. The number of esters is 1. The first-order valence-corrected chi connectivity index (χ1v) is 7.89. The van der Waals surface area contributed by atoms with Crippen LogP contribution in [-0.2, 0) is 25.3 Å². The number of rotatable bonds is 7. The molecule has 0 aliphatic heterocycles. The molecule has 0 spiro atoms. The second-order valence-electron chi connectivity index (χ2n) is 4.41. The Kier molecular flexibility index (Phi) is 5.97. The second kappa shape index (κ2) is 7.25. The Labute approximate surface area is 119 Å². The van der Waals surface area contributed by atoms with E-state index in [0.717, 1.165) is 4.31 Å².